The van der Waals surface area contributed by atoms with Gasteiger partial charge in [-0.05, 0) is 84.1 Å². The summed E-state index contributed by atoms with van der Waals surface area (Å²) in [7, 11) is 0. The fraction of sp³-hybridized carbons (Fsp3) is 0.368. The van der Waals surface area contributed by atoms with Crippen molar-refractivity contribution in [3.63, 3.8) is 0 Å². The second kappa shape index (κ2) is 6.60. The SMILES string of the molecule is Oc1c(Br)cc(Br)cc1C=Nc1c2c(nc3c1CCC3)CCCC2. The van der Waals surface area contributed by atoms with Crippen LogP contribution in [0.3, 0.4) is 0 Å². The van der Waals surface area contributed by atoms with E-state index in [0.29, 0.717) is 10.0 Å². The Balaban J connectivity index is 1.81. The molecule has 0 saturated carbocycles. The lowest BCUT2D eigenvalue weighted by atomic mass is 9.92. The van der Waals surface area contributed by atoms with Crippen LogP contribution in [0.4, 0.5) is 5.69 Å². The van der Waals surface area contributed by atoms with Crippen LogP contribution in [0.25, 0.3) is 0 Å². The number of halogens is 2. The second-order valence-corrected chi connectivity index (χ2v) is 8.23. The van der Waals surface area contributed by atoms with Gasteiger partial charge in [0.05, 0.1) is 10.2 Å². The zero-order valence-corrected chi connectivity index (χ0v) is 16.5. The summed E-state index contributed by atoms with van der Waals surface area (Å²) in [6.45, 7) is 0. The maximum Gasteiger partial charge on any atom is 0.138 e. The van der Waals surface area contributed by atoms with E-state index < -0.39 is 0 Å². The Morgan fingerprint density at radius 1 is 0.958 bits per heavy atom. The number of aliphatic imine (C=N–C) groups is 1. The molecule has 0 fully saturated rings. The molecule has 5 heteroatoms. The smallest absolute Gasteiger partial charge is 0.138 e. The number of aryl methyl sites for hydroxylation is 2. The molecule has 1 heterocycles. The number of nitrogens with zero attached hydrogens (tertiary/aromatic N) is 2. The lowest BCUT2D eigenvalue weighted by Crippen LogP contribution is -2.08. The van der Waals surface area contributed by atoms with Crippen molar-refractivity contribution in [1.29, 1.82) is 0 Å². The molecule has 2 aromatic rings. The first kappa shape index (κ1) is 16.3. The van der Waals surface area contributed by atoms with E-state index in [4.69, 9.17) is 9.98 Å². The molecule has 124 valence electrons. The first-order valence-corrected chi connectivity index (χ1v) is 9.97. The van der Waals surface area contributed by atoms with Crippen molar-refractivity contribution in [3.8, 4) is 5.75 Å². The van der Waals surface area contributed by atoms with Gasteiger partial charge in [-0.15, -0.1) is 0 Å². The highest BCUT2D eigenvalue weighted by atomic mass is 79.9. The molecule has 2 aliphatic carbocycles. The van der Waals surface area contributed by atoms with E-state index in [9.17, 15) is 5.11 Å². The number of fused-ring (bicyclic) bond motifs is 2. The number of hydrogen-bond donors (Lipinski definition) is 1. The highest BCUT2D eigenvalue weighted by Gasteiger charge is 2.24. The van der Waals surface area contributed by atoms with Crippen LogP contribution in [-0.2, 0) is 25.7 Å². The third-order valence-corrected chi connectivity index (χ3v) is 5.92. The molecule has 0 unspecified atom stereocenters. The van der Waals surface area contributed by atoms with E-state index in [1.54, 1.807) is 6.21 Å². The number of hydrogen-bond acceptors (Lipinski definition) is 3. The van der Waals surface area contributed by atoms with Gasteiger partial charge in [-0.25, -0.2) is 0 Å². The van der Waals surface area contributed by atoms with Crippen molar-refractivity contribution in [2.75, 3.05) is 0 Å². The quantitative estimate of drug-likeness (QED) is 0.621. The Labute approximate surface area is 158 Å². The number of phenolic OH excluding ortho intramolecular Hbond substituents is 1. The molecule has 4 rings (SSSR count). The fourth-order valence-electron chi connectivity index (χ4n) is 3.69. The summed E-state index contributed by atoms with van der Waals surface area (Å²) in [5.74, 6) is 0.224. The first-order valence-electron chi connectivity index (χ1n) is 8.39. The van der Waals surface area contributed by atoms with Crippen molar-refractivity contribution < 1.29 is 5.11 Å². The molecule has 2 aliphatic rings. The van der Waals surface area contributed by atoms with Gasteiger partial charge < -0.3 is 5.11 Å². The lowest BCUT2D eigenvalue weighted by molar-refractivity contribution is 0.471. The van der Waals surface area contributed by atoms with Gasteiger partial charge in [0.1, 0.15) is 5.75 Å². The molecule has 1 aromatic carbocycles. The predicted octanol–water partition coefficient (Wildman–Crippen LogP) is 5.43. The molecule has 0 aliphatic heterocycles. The Morgan fingerprint density at radius 2 is 1.62 bits per heavy atom. The number of aromatic hydroxyl groups is 1. The largest absolute Gasteiger partial charge is 0.506 e. The maximum absolute atomic E-state index is 10.3. The summed E-state index contributed by atoms with van der Waals surface area (Å²) in [6.07, 6.45) is 9.66. The summed E-state index contributed by atoms with van der Waals surface area (Å²) in [5, 5.41) is 10.3. The van der Waals surface area contributed by atoms with Crippen LogP contribution in [-0.4, -0.2) is 16.3 Å². The lowest BCUT2D eigenvalue weighted by Gasteiger charge is -2.19. The molecule has 1 aromatic heterocycles. The van der Waals surface area contributed by atoms with Crippen LogP contribution in [0, 0.1) is 0 Å². The summed E-state index contributed by atoms with van der Waals surface area (Å²) in [6, 6.07) is 3.72. The Morgan fingerprint density at radius 3 is 2.42 bits per heavy atom. The van der Waals surface area contributed by atoms with Gasteiger partial charge in [0.15, 0.2) is 0 Å². The number of rotatable bonds is 2. The minimum atomic E-state index is 0.224. The number of aromatic nitrogens is 1. The molecule has 24 heavy (non-hydrogen) atoms. The molecule has 0 atom stereocenters. The van der Waals surface area contributed by atoms with Crippen LogP contribution in [0.15, 0.2) is 26.1 Å². The van der Waals surface area contributed by atoms with Crippen molar-refractivity contribution in [3.05, 3.63) is 49.2 Å². The third kappa shape index (κ3) is 2.93. The number of phenols is 1. The van der Waals surface area contributed by atoms with Gasteiger partial charge in [-0.2, -0.15) is 0 Å². The van der Waals surface area contributed by atoms with E-state index in [-0.39, 0.29) is 5.75 Å². The number of pyridine rings is 1. The van der Waals surface area contributed by atoms with E-state index in [0.717, 1.165) is 35.8 Å². The summed E-state index contributed by atoms with van der Waals surface area (Å²) in [5.41, 5.74) is 6.95. The predicted molar refractivity (Wildman–Crippen MR) is 104 cm³/mol. The molecular formula is C19H18Br2N2O. The van der Waals surface area contributed by atoms with Gasteiger partial charge in [0, 0.05) is 27.6 Å². The maximum atomic E-state index is 10.3. The highest BCUT2D eigenvalue weighted by molar-refractivity contribution is 9.11. The summed E-state index contributed by atoms with van der Waals surface area (Å²) in [4.78, 5) is 9.75. The normalized spacial score (nSPS) is 16.4. The minimum Gasteiger partial charge on any atom is -0.506 e. The van der Waals surface area contributed by atoms with Gasteiger partial charge >= 0.3 is 0 Å². The van der Waals surface area contributed by atoms with Gasteiger partial charge in [-0.3, -0.25) is 9.98 Å². The molecule has 1 N–H and O–H groups in total. The summed E-state index contributed by atoms with van der Waals surface area (Å²) < 4.78 is 1.58. The van der Waals surface area contributed by atoms with E-state index >= 15 is 0 Å². The fourth-order valence-corrected chi connectivity index (χ4v) is 4.95. The first-order chi connectivity index (χ1) is 11.6. The van der Waals surface area contributed by atoms with Gasteiger partial charge in [-0.1, -0.05) is 15.9 Å². The minimum absolute atomic E-state index is 0.224. The molecular weight excluding hydrogens is 432 g/mol. The van der Waals surface area contributed by atoms with Gasteiger partial charge in [0.25, 0.3) is 0 Å². The van der Waals surface area contributed by atoms with Crippen LogP contribution < -0.4 is 0 Å². The van der Waals surface area contributed by atoms with Crippen LogP contribution in [0.5, 0.6) is 5.75 Å². The van der Waals surface area contributed by atoms with E-state index in [1.807, 2.05) is 12.1 Å². The average Bonchev–Trinajstić information content (AvgIpc) is 3.03. The monoisotopic (exact) mass is 448 g/mol. The molecule has 3 nitrogen and oxygen atoms in total. The standard InChI is InChI=1S/C19H18Br2N2O/c20-12-8-11(19(24)15(21)9-12)10-22-18-13-4-1-2-6-16(13)23-17-7-3-5-14(17)18/h8-10,24H,1-7H2. The zero-order valence-electron chi connectivity index (χ0n) is 13.3. The Kier molecular flexibility index (Phi) is 4.48. The molecule has 0 amide bonds. The van der Waals surface area contributed by atoms with Crippen molar-refractivity contribution in [2.45, 2.75) is 44.9 Å². The summed E-state index contributed by atoms with van der Waals surface area (Å²) >= 11 is 6.85. The van der Waals surface area contributed by atoms with E-state index in [2.05, 4.69) is 31.9 Å². The highest BCUT2D eigenvalue weighted by Crippen LogP contribution is 2.38. The molecule has 0 radical (unpaired) electrons. The van der Waals surface area contributed by atoms with Gasteiger partial charge in [0.2, 0.25) is 0 Å². The molecule has 0 spiro atoms. The number of benzene rings is 1. The molecule has 0 saturated heterocycles. The second-order valence-electron chi connectivity index (χ2n) is 6.46. The topological polar surface area (TPSA) is 45.5 Å². The third-order valence-electron chi connectivity index (χ3n) is 4.86. The Hall–Kier alpha value is -1.20. The average molecular weight is 450 g/mol. The van der Waals surface area contributed by atoms with Crippen molar-refractivity contribution in [2.24, 2.45) is 4.99 Å². The van der Waals surface area contributed by atoms with Crippen LogP contribution >= 0.6 is 31.9 Å². The van der Waals surface area contributed by atoms with E-state index in [1.165, 1.54) is 41.8 Å². The van der Waals surface area contributed by atoms with Crippen LogP contribution in [0.2, 0.25) is 0 Å². The zero-order chi connectivity index (χ0) is 16.7. The van der Waals surface area contributed by atoms with Crippen molar-refractivity contribution in [1.82, 2.24) is 4.98 Å². The molecule has 0 bridgehead atoms. The Bertz CT molecular complexity index is 846. The van der Waals surface area contributed by atoms with Crippen LogP contribution in [0.1, 0.15) is 47.3 Å². The van der Waals surface area contributed by atoms with Crippen molar-refractivity contribution >= 4 is 43.8 Å².